The lowest BCUT2D eigenvalue weighted by molar-refractivity contribution is 0.685. The first kappa shape index (κ1) is 9.79. The average Bonchev–Trinajstić information content (AvgIpc) is 2.71. The van der Waals surface area contributed by atoms with Crippen LogP contribution in [0.25, 0.3) is 0 Å². The monoisotopic (exact) mass is 218 g/mol. The number of thiocarbonyl (C=S) groups is 1. The Kier molecular flexibility index (Phi) is 2.73. The zero-order valence-electron chi connectivity index (χ0n) is 8.00. The highest BCUT2D eigenvalue weighted by Crippen LogP contribution is 2.05. The molecule has 4 nitrogen and oxygen atoms in total. The SMILES string of the molecule is NC(=S)c1ccc(Cn2cncn2)cc1. The molecule has 0 atom stereocenters. The van der Waals surface area contributed by atoms with Crippen molar-refractivity contribution in [2.24, 2.45) is 5.73 Å². The Morgan fingerprint density at radius 1 is 1.33 bits per heavy atom. The first-order valence-electron chi connectivity index (χ1n) is 4.47. The molecule has 0 saturated carbocycles. The maximum atomic E-state index is 5.50. The van der Waals surface area contributed by atoms with Crippen molar-refractivity contribution in [3.8, 4) is 0 Å². The summed E-state index contributed by atoms with van der Waals surface area (Å²) in [4.78, 5) is 4.29. The molecule has 2 rings (SSSR count). The average molecular weight is 218 g/mol. The number of rotatable bonds is 3. The summed E-state index contributed by atoms with van der Waals surface area (Å²) in [6, 6.07) is 7.79. The standard InChI is InChI=1S/C10H10N4S/c11-10(15)9-3-1-8(2-4-9)5-14-7-12-6-13-14/h1-4,6-7H,5H2,(H2,11,15). The van der Waals surface area contributed by atoms with Crippen LogP contribution in [0.3, 0.4) is 0 Å². The number of nitrogens with zero attached hydrogens (tertiary/aromatic N) is 3. The highest BCUT2D eigenvalue weighted by molar-refractivity contribution is 7.80. The molecule has 2 aromatic rings. The third kappa shape index (κ3) is 2.38. The lowest BCUT2D eigenvalue weighted by atomic mass is 10.1. The van der Waals surface area contributed by atoms with Gasteiger partial charge in [0.15, 0.2) is 0 Å². The topological polar surface area (TPSA) is 56.7 Å². The minimum absolute atomic E-state index is 0.419. The van der Waals surface area contributed by atoms with E-state index < -0.39 is 0 Å². The fourth-order valence-corrected chi connectivity index (χ4v) is 1.41. The van der Waals surface area contributed by atoms with Gasteiger partial charge in [-0.2, -0.15) is 5.10 Å². The Morgan fingerprint density at radius 2 is 2.07 bits per heavy atom. The summed E-state index contributed by atoms with van der Waals surface area (Å²) >= 11 is 4.87. The molecule has 76 valence electrons. The molecule has 0 spiro atoms. The second-order valence-electron chi connectivity index (χ2n) is 3.15. The smallest absolute Gasteiger partial charge is 0.137 e. The lowest BCUT2D eigenvalue weighted by Gasteiger charge is -2.02. The highest BCUT2D eigenvalue weighted by Gasteiger charge is 1.98. The third-order valence-electron chi connectivity index (χ3n) is 2.05. The minimum atomic E-state index is 0.419. The maximum absolute atomic E-state index is 5.50. The van der Waals surface area contributed by atoms with E-state index in [1.807, 2.05) is 24.3 Å². The van der Waals surface area contributed by atoms with Gasteiger partial charge in [0.05, 0.1) is 6.54 Å². The summed E-state index contributed by atoms with van der Waals surface area (Å²) in [5, 5.41) is 4.02. The zero-order valence-corrected chi connectivity index (χ0v) is 8.81. The van der Waals surface area contributed by atoms with Crippen LogP contribution in [0.15, 0.2) is 36.9 Å². The normalized spacial score (nSPS) is 10.1. The largest absolute Gasteiger partial charge is 0.389 e. The molecule has 0 bridgehead atoms. The van der Waals surface area contributed by atoms with E-state index in [9.17, 15) is 0 Å². The van der Waals surface area contributed by atoms with Crippen LogP contribution in [0.1, 0.15) is 11.1 Å². The molecule has 0 aliphatic heterocycles. The lowest BCUT2D eigenvalue weighted by Crippen LogP contribution is -2.09. The van der Waals surface area contributed by atoms with E-state index in [4.69, 9.17) is 18.0 Å². The molecular formula is C10H10N4S. The second-order valence-corrected chi connectivity index (χ2v) is 3.59. The van der Waals surface area contributed by atoms with Gasteiger partial charge in [-0.1, -0.05) is 36.5 Å². The molecule has 15 heavy (non-hydrogen) atoms. The second kappa shape index (κ2) is 4.18. The quantitative estimate of drug-likeness (QED) is 0.780. The summed E-state index contributed by atoms with van der Waals surface area (Å²) in [5.74, 6) is 0. The predicted molar refractivity (Wildman–Crippen MR) is 61.5 cm³/mol. The van der Waals surface area contributed by atoms with Crippen molar-refractivity contribution in [2.75, 3.05) is 0 Å². The van der Waals surface area contributed by atoms with Crippen molar-refractivity contribution >= 4 is 17.2 Å². The molecule has 1 heterocycles. The fraction of sp³-hybridized carbons (Fsp3) is 0.100. The van der Waals surface area contributed by atoms with Crippen LogP contribution in [0.5, 0.6) is 0 Å². The van der Waals surface area contributed by atoms with E-state index in [2.05, 4.69) is 10.1 Å². The van der Waals surface area contributed by atoms with Gasteiger partial charge in [-0.25, -0.2) is 9.67 Å². The molecule has 1 aromatic heterocycles. The number of benzene rings is 1. The van der Waals surface area contributed by atoms with E-state index >= 15 is 0 Å². The Morgan fingerprint density at radius 3 is 2.60 bits per heavy atom. The molecule has 0 radical (unpaired) electrons. The van der Waals surface area contributed by atoms with Gasteiger partial charge in [0.2, 0.25) is 0 Å². The van der Waals surface area contributed by atoms with E-state index in [0.717, 1.165) is 11.1 Å². The van der Waals surface area contributed by atoms with Gasteiger partial charge in [-0.3, -0.25) is 0 Å². The van der Waals surface area contributed by atoms with E-state index in [0.29, 0.717) is 11.5 Å². The molecule has 2 N–H and O–H groups in total. The van der Waals surface area contributed by atoms with Crippen molar-refractivity contribution < 1.29 is 0 Å². The van der Waals surface area contributed by atoms with Gasteiger partial charge in [0, 0.05) is 5.56 Å². The van der Waals surface area contributed by atoms with Gasteiger partial charge in [-0.15, -0.1) is 0 Å². The van der Waals surface area contributed by atoms with Gasteiger partial charge >= 0.3 is 0 Å². The highest BCUT2D eigenvalue weighted by atomic mass is 32.1. The first-order valence-corrected chi connectivity index (χ1v) is 4.87. The maximum Gasteiger partial charge on any atom is 0.137 e. The van der Waals surface area contributed by atoms with Crippen LogP contribution in [0.2, 0.25) is 0 Å². The molecule has 0 saturated heterocycles. The van der Waals surface area contributed by atoms with Crippen molar-refractivity contribution in [1.29, 1.82) is 0 Å². The number of nitrogens with two attached hydrogens (primary N) is 1. The third-order valence-corrected chi connectivity index (χ3v) is 2.29. The van der Waals surface area contributed by atoms with Crippen LogP contribution in [-0.2, 0) is 6.54 Å². The number of hydrogen-bond acceptors (Lipinski definition) is 3. The van der Waals surface area contributed by atoms with E-state index in [1.165, 1.54) is 6.33 Å². The molecule has 0 fully saturated rings. The predicted octanol–water partition coefficient (Wildman–Crippen LogP) is 0.961. The fourth-order valence-electron chi connectivity index (χ4n) is 1.28. The summed E-state index contributed by atoms with van der Waals surface area (Å²) in [7, 11) is 0. The molecule has 0 aliphatic rings. The molecule has 0 unspecified atom stereocenters. The summed E-state index contributed by atoms with van der Waals surface area (Å²) in [5.41, 5.74) is 7.52. The Bertz CT molecular complexity index is 447. The van der Waals surface area contributed by atoms with Crippen LogP contribution >= 0.6 is 12.2 Å². The Balaban J connectivity index is 2.14. The number of hydrogen-bond donors (Lipinski definition) is 1. The van der Waals surface area contributed by atoms with Gasteiger partial charge in [-0.05, 0) is 5.56 Å². The Labute approximate surface area is 92.7 Å². The summed E-state index contributed by atoms with van der Waals surface area (Å²) in [6.07, 6.45) is 3.20. The molecule has 5 heteroatoms. The molecule has 0 amide bonds. The zero-order chi connectivity index (χ0) is 10.7. The van der Waals surface area contributed by atoms with E-state index in [1.54, 1.807) is 11.0 Å². The van der Waals surface area contributed by atoms with Crippen molar-refractivity contribution in [1.82, 2.24) is 14.8 Å². The summed E-state index contributed by atoms with van der Waals surface area (Å²) in [6.45, 7) is 0.706. The van der Waals surface area contributed by atoms with E-state index in [-0.39, 0.29) is 0 Å². The minimum Gasteiger partial charge on any atom is -0.389 e. The van der Waals surface area contributed by atoms with Crippen molar-refractivity contribution in [2.45, 2.75) is 6.54 Å². The van der Waals surface area contributed by atoms with Crippen LogP contribution < -0.4 is 5.73 Å². The summed E-state index contributed by atoms with van der Waals surface area (Å²) < 4.78 is 1.76. The van der Waals surface area contributed by atoms with Gasteiger partial charge in [0.25, 0.3) is 0 Å². The van der Waals surface area contributed by atoms with Crippen LogP contribution in [0, 0.1) is 0 Å². The Hall–Kier alpha value is -1.75. The molecular weight excluding hydrogens is 208 g/mol. The van der Waals surface area contributed by atoms with Crippen LogP contribution in [0.4, 0.5) is 0 Å². The van der Waals surface area contributed by atoms with Crippen molar-refractivity contribution in [3.63, 3.8) is 0 Å². The number of aromatic nitrogens is 3. The van der Waals surface area contributed by atoms with Crippen molar-refractivity contribution in [3.05, 3.63) is 48.0 Å². The van der Waals surface area contributed by atoms with Crippen LogP contribution in [-0.4, -0.2) is 19.8 Å². The molecule has 0 aliphatic carbocycles. The first-order chi connectivity index (χ1) is 7.25. The van der Waals surface area contributed by atoms with Gasteiger partial charge in [0.1, 0.15) is 17.6 Å². The van der Waals surface area contributed by atoms with Gasteiger partial charge < -0.3 is 5.73 Å². The molecule has 1 aromatic carbocycles.